The lowest BCUT2D eigenvalue weighted by Crippen LogP contribution is -2.38. The molecule has 0 saturated carbocycles. The summed E-state index contributed by atoms with van der Waals surface area (Å²) in [6.45, 7) is 1.19. The topological polar surface area (TPSA) is 41.1 Å². The third kappa shape index (κ3) is 4.75. The minimum absolute atomic E-state index is 0.221. The zero-order valence-corrected chi connectivity index (χ0v) is 12.6. The van der Waals surface area contributed by atoms with E-state index in [9.17, 15) is 4.79 Å². The third-order valence-electron chi connectivity index (χ3n) is 2.75. The van der Waals surface area contributed by atoms with Crippen LogP contribution in [0.4, 0.5) is 0 Å². The molecule has 0 aliphatic heterocycles. The first kappa shape index (κ1) is 14.7. The van der Waals surface area contributed by atoms with Crippen molar-refractivity contribution in [3.05, 3.63) is 58.3 Å². The van der Waals surface area contributed by atoms with Gasteiger partial charge in [0.1, 0.15) is 0 Å². The Hall–Kier alpha value is -1.72. The Bertz CT molecular complexity index is 553. The van der Waals surface area contributed by atoms with Gasteiger partial charge in [0.15, 0.2) is 4.99 Å². The second-order valence-electron chi connectivity index (χ2n) is 4.25. The SMILES string of the molecule is O=C(NCc1cccs1)C(=S)NCCc1ccccc1. The van der Waals surface area contributed by atoms with Crippen LogP contribution < -0.4 is 10.6 Å². The molecule has 5 heteroatoms. The van der Waals surface area contributed by atoms with Gasteiger partial charge in [-0.2, -0.15) is 0 Å². The highest BCUT2D eigenvalue weighted by Gasteiger charge is 2.08. The number of hydrogen-bond donors (Lipinski definition) is 2. The van der Waals surface area contributed by atoms with E-state index in [4.69, 9.17) is 12.2 Å². The lowest BCUT2D eigenvalue weighted by Gasteiger charge is -2.08. The normalized spacial score (nSPS) is 10.0. The van der Waals surface area contributed by atoms with Gasteiger partial charge >= 0.3 is 0 Å². The Morgan fingerprint density at radius 3 is 2.60 bits per heavy atom. The monoisotopic (exact) mass is 304 g/mol. The summed E-state index contributed by atoms with van der Waals surface area (Å²) in [6, 6.07) is 14.0. The molecule has 0 atom stereocenters. The molecule has 3 nitrogen and oxygen atoms in total. The largest absolute Gasteiger partial charge is 0.371 e. The second kappa shape index (κ2) is 7.77. The zero-order valence-electron chi connectivity index (χ0n) is 11.0. The van der Waals surface area contributed by atoms with E-state index in [-0.39, 0.29) is 10.9 Å². The van der Waals surface area contributed by atoms with Gasteiger partial charge in [-0.15, -0.1) is 11.3 Å². The molecular formula is C15H16N2OS2. The van der Waals surface area contributed by atoms with Gasteiger partial charge in [0.2, 0.25) is 0 Å². The molecule has 0 spiro atoms. The van der Waals surface area contributed by atoms with E-state index in [1.165, 1.54) is 5.56 Å². The molecule has 0 saturated heterocycles. The summed E-state index contributed by atoms with van der Waals surface area (Å²) in [5.74, 6) is -0.221. The fourth-order valence-electron chi connectivity index (χ4n) is 1.71. The predicted octanol–water partition coefficient (Wildman–Crippen LogP) is 2.52. The van der Waals surface area contributed by atoms with E-state index >= 15 is 0 Å². The number of nitrogens with one attached hydrogen (secondary N) is 2. The van der Waals surface area contributed by atoms with Crippen molar-refractivity contribution in [1.29, 1.82) is 0 Å². The number of benzene rings is 1. The zero-order chi connectivity index (χ0) is 14.2. The summed E-state index contributed by atoms with van der Waals surface area (Å²) < 4.78 is 0. The molecule has 1 heterocycles. The van der Waals surface area contributed by atoms with Gasteiger partial charge in [-0.25, -0.2) is 0 Å². The van der Waals surface area contributed by atoms with E-state index in [0.29, 0.717) is 13.1 Å². The highest BCUT2D eigenvalue weighted by Crippen LogP contribution is 2.07. The van der Waals surface area contributed by atoms with Crippen LogP contribution in [0.2, 0.25) is 0 Å². The van der Waals surface area contributed by atoms with Crippen molar-refractivity contribution in [2.75, 3.05) is 6.54 Å². The maximum absolute atomic E-state index is 11.8. The highest BCUT2D eigenvalue weighted by atomic mass is 32.1. The lowest BCUT2D eigenvalue weighted by molar-refractivity contribution is -0.114. The Morgan fingerprint density at radius 1 is 1.10 bits per heavy atom. The van der Waals surface area contributed by atoms with Crippen LogP contribution in [-0.4, -0.2) is 17.4 Å². The maximum Gasteiger partial charge on any atom is 0.278 e. The van der Waals surface area contributed by atoms with E-state index < -0.39 is 0 Å². The summed E-state index contributed by atoms with van der Waals surface area (Å²) in [4.78, 5) is 13.1. The summed E-state index contributed by atoms with van der Waals surface area (Å²) in [5.41, 5.74) is 1.22. The fraction of sp³-hybridized carbons (Fsp3) is 0.200. The molecule has 20 heavy (non-hydrogen) atoms. The third-order valence-corrected chi connectivity index (χ3v) is 3.96. The second-order valence-corrected chi connectivity index (χ2v) is 5.69. The molecule has 2 N–H and O–H groups in total. The number of amides is 1. The molecule has 0 bridgehead atoms. The Kier molecular flexibility index (Phi) is 5.70. The van der Waals surface area contributed by atoms with Crippen LogP contribution >= 0.6 is 23.6 Å². The number of thiophene rings is 1. The Morgan fingerprint density at radius 2 is 1.90 bits per heavy atom. The predicted molar refractivity (Wildman–Crippen MR) is 86.9 cm³/mol. The molecule has 0 aliphatic rings. The van der Waals surface area contributed by atoms with Gasteiger partial charge in [0, 0.05) is 11.4 Å². The van der Waals surface area contributed by atoms with Crippen molar-refractivity contribution < 1.29 is 4.79 Å². The average Bonchev–Trinajstić information content (AvgIpc) is 2.99. The Balaban J connectivity index is 1.67. The first-order valence-electron chi connectivity index (χ1n) is 6.38. The quantitative estimate of drug-likeness (QED) is 0.834. The minimum Gasteiger partial charge on any atom is -0.371 e. The van der Waals surface area contributed by atoms with E-state index in [0.717, 1.165) is 11.3 Å². The van der Waals surface area contributed by atoms with Crippen molar-refractivity contribution >= 4 is 34.5 Å². The summed E-state index contributed by atoms with van der Waals surface area (Å²) in [5, 5.41) is 7.77. The summed E-state index contributed by atoms with van der Waals surface area (Å²) in [6.07, 6.45) is 0.846. The maximum atomic E-state index is 11.8. The fourth-order valence-corrected chi connectivity index (χ4v) is 2.52. The molecule has 0 fully saturated rings. The van der Waals surface area contributed by atoms with Gasteiger partial charge in [0.25, 0.3) is 5.91 Å². The molecule has 1 aromatic carbocycles. The van der Waals surface area contributed by atoms with E-state index in [2.05, 4.69) is 22.8 Å². The van der Waals surface area contributed by atoms with Crippen molar-refractivity contribution in [3.63, 3.8) is 0 Å². The van der Waals surface area contributed by atoms with Gasteiger partial charge in [0.05, 0.1) is 6.54 Å². The smallest absolute Gasteiger partial charge is 0.278 e. The van der Waals surface area contributed by atoms with Crippen molar-refractivity contribution in [2.24, 2.45) is 0 Å². The van der Waals surface area contributed by atoms with E-state index in [1.807, 2.05) is 35.7 Å². The van der Waals surface area contributed by atoms with Crippen LogP contribution in [0, 0.1) is 0 Å². The molecule has 1 aromatic heterocycles. The lowest BCUT2D eigenvalue weighted by atomic mass is 10.1. The molecule has 1 amide bonds. The number of carbonyl (C=O) groups excluding carboxylic acids is 1. The molecule has 0 aliphatic carbocycles. The van der Waals surface area contributed by atoms with Crippen molar-refractivity contribution in [2.45, 2.75) is 13.0 Å². The number of thiocarbonyl (C=S) groups is 1. The van der Waals surface area contributed by atoms with Crippen LogP contribution in [0.5, 0.6) is 0 Å². The standard InChI is InChI=1S/C15H16N2OS2/c18-14(17-11-13-7-4-10-20-13)15(19)16-9-8-12-5-2-1-3-6-12/h1-7,10H,8-9,11H2,(H,16,19)(H,17,18). The van der Waals surface area contributed by atoms with Crippen LogP contribution in [0.1, 0.15) is 10.4 Å². The number of rotatable bonds is 5. The molecule has 0 radical (unpaired) electrons. The molecule has 0 unspecified atom stereocenters. The van der Waals surface area contributed by atoms with E-state index in [1.54, 1.807) is 11.3 Å². The Labute approximate surface area is 128 Å². The van der Waals surface area contributed by atoms with Crippen LogP contribution in [0.15, 0.2) is 47.8 Å². The number of carbonyl (C=O) groups is 1. The molecule has 104 valence electrons. The number of hydrogen-bond acceptors (Lipinski definition) is 3. The summed E-state index contributed by atoms with van der Waals surface area (Å²) in [7, 11) is 0. The van der Waals surface area contributed by atoms with Crippen molar-refractivity contribution in [1.82, 2.24) is 10.6 Å². The van der Waals surface area contributed by atoms with Gasteiger partial charge in [-0.3, -0.25) is 4.79 Å². The van der Waals surface area contributed by atoms with Gasteiger partial charge in [-0.05, 0) is 23.4 Å². The van der Waals surface area contributed by atoms with Crippen LogP contribution in [0.3, 0.4) is 0 Å². The van der Waals surface area contributed by atoms with Crippen LogP contribution in [-0.2, 0) is 17.8 Å². The highest BCUT2D eigenvalue weighted by molar-refractivity contribution is 7.82. The average molecular weight is 304 g/mol. The van der Waals surface area contributed by atoms with Gasteiger partial charge in [-0.1, -0.05) is 48.6 Å². The minimum atomic E-state index is -0.221. The summed E-state index contributed by atoms with van der Waals surface area (Å²) >= 11 is 6.68. The molecule has 2 aromatic rings. The van der Waals surface area contributed by atoms with Crippen molar-refractivity contribution in [3.8, 4) is 0 Å². The van der Waals surface area contributed by atoms with Crippen LogP contribution in [0.25, 0.3) is 0 Å². The molecular weight excluding hydrogens is 288 g/mol. The first-order chi connectivity index (χ1) is 9.75. The van der Waals surface area contributed by atoms with Gasteiger partial charge < -0.3 is 10.6 Å². The first-order valence-corrected chi connectivity index (χ1v) is 7.67. The molecule has 2 rings (SSSR count).